The summed E-state index contributed by atoms with van der Waals surface area (Å²) in [4.78, 5) is 0. The molecule has 0 atom stereocenters. The first kappa shape index (κ1) is 19.8. The van der Waals surface area contributed by atoms with E-state index < -0.39 is 0 Å². The normalized spacial score (nSPS) is 11.9. The van der Waals surface area contributed by atoms with Crippen molar-refractivity contribution in [1.29, 1.82) is 0 Å². The molecule has 0 spiro atoms. The number of rotatable bonds is 3. The third kappa shape index (κ3) is 3.56. The Morgan fingerprint density at radius 3 is 2.16 bits per heavy atom. The van der Waals surface area contributed by atoms with Gasteiger partial charge in [-0.1, -0.05) is 92.5 Å². The van der Waals surface area contributed by atoms with E-state index in [9.17, 15) is 0 Å². The maximum Gasteiger partial charge on any atom is 0.129 e. The Morgan fingerprint density at radius 1 is 0.562 bits per heavy atom. The Balaban J connectivity index is 1.36. The van der Waals surface area contributed by atoms with E-state index in [0.717, 1.165) is 32.3 Å². The van der Waals surface area contributed by atoms with E-state index in [1.165, 1.54) is 38.8 Å². The Hall–Kier alpha value is -2.88. The molecular weight excluding hydrogens is 524 g/mol. The summed E-state index contributed by atoms with van der Waals surface area (Å²) in [5.41, 5.74) is 8.14. The molecule has 5 aromatic carbocycles. The zero-order valence-electron chi connectivity index (χ0n) is 17.1. The predicted molar refractivity (Wildman–Crippen MR) is 140 cm³/mol. The van der Waals surface area contributed by atoms with Crippen molar-refractivity contribution in [3.05, 3.63) is 117 Å². The monoisotopic (exact) mass is 540 g/mol. The van der Waals surface area contributed by atoms with Gasteiger partial charge in [0.2, 0.25) is 0 Å². The maximum atomic E-state index is 6.10. The van der Waals surface area contributed by atoms with Crippen LogP contribution in [-0.4, -0.2) is 0 Å². The topological polar surface area (TPSA) is 9.23 Å². The number of ether oxygens (including phenoxy) is 1. The van der Waals surface area contributed by atoms with Crippen LogP contribution in [0, 0.1) is 0 Å². The van der Waals surface area contributed by atoms with Gasteiger partial charge in [0.15, 0.2) is 0 Å². The maximum absolute atomic E-state index is 6.10. The second-order valence-electron chi connectivity index (χ2n) is 8.10. The van der Waals surface area contributed by atoms with Crippen LogP contribution in [0.5, 0.6) is 11.5 Å². The Labute approximate surface area is 203 Å². The standard InChI is InChI=1S/C29H18Br2O/c30-22-15-23(31)17-25(16-22)32-24-11-10-18-12-21(9-8-19(18)13-24)27-6-3-7-28-26-5-2-1-4-20(26)14-29(27)28/h1-13,15-17H,14H2. The molecule has 32 heavy (non-hydrogen) atoms. The largest absolute Gasteiger partial charge is 0.457 e. The number of benzene rings is 5. The van der Waals surface area contributed by atoms with Crippen molar-refractivity contribution in [1.82, 2.24) is 0 Å². The Kier molecular flexibility index (Phi) is 4.89. The molecule has 6 rings (SSSR count). The lowest BCUT2D eigenvalue weighted by Gasteiger charge is -2.11. The zero-order chi connectivity index (χ0) is 21.7. The molecular formula is C29H18Br2O. The lowest BCUT2D eigenvalue weighted by molar-refractivity contribution is 0.483. The van der Waals surface area contributed by atoms with E-state index in [4.69, 9.17) is 4.74 Å². The van der Waals surface area contributed by atoms with Crippen LogP contribution in [0.15, 0.2) is 106 Å². The highest BCUT2D eigenvalue weighted by Gasteiger charge is 2.21. The fourth-order valence-electron chi connectivity index (χ4n) is 4.61. The molecule has 154 valence electrons. The summed E-state index contributed by atoms with van der Waals surface area (Å²) in [6, 6.07) is 34.3. The van der Waals surface area contributed by atoms with Gasteiger partial charge >= 0.3 is 0 Å². The van der Waals surface area contributed by atoms with E-state index in [1.54, 1.807) is 0 Å². The van der Waals surface area contributed by atoms with Crippen molar-refractivity contribution in [3.63, 3.8) is 0 Å². The third-order valence-electron chi connectivity index (χ3n) is 6.05. The predicted octanol–water partition coefficient (Wildman–Crippen LogP) is 9.40. The number of hydrogen-bond acceptors (Lipinski definition) is 1. The summed E-state index contributed by atoms with van der Waals surface area (Å²) in [5, 5.41) is 2.37. The van der Waals surface area contributed by atoms with Crippen LogP contribution < -0.4 is 4.74 Å². The Morgan fingerprint density at radius 2 is 1.28 bits per heavy atom. The summed E-state index contributed by atoms with van der Waals surface area (Å²) in [7, 11) is 0. The SMILES string of the molecule is Brc1cc(Br)cc(Oc2ccc3cc(-c4cccc5c4Cc4ccccc4-5)ccc3c2)c1. The van der Waals surface area contributed by atoms with Crippen LogP contribution >= 0.6 is 31.9 Å². The summed E-state index contributed by atoms with van der Waals surface area (Å²) < 4.78 is 8.05. The van der Waals surface area contributed by atoms with Gasteiger partial charge in [-0.25, -0.2) is 0 Å². The Bertz CT molecular complexity index is 1480. The molecule has 0 fully saturated rings. The average molecular weight is 542 g/mol. The van der Waals surface area contributed by atoms with Crippen LogP contribution in [0.2, 0.25) is 0 Å². The molecule has 0 saturated carbocycles. The van der Waals surface area contributed by atoms with Gasteiger partial charge in [0.1, 0.15) is 11.5 Å². The fourth-order valence-corrected chi connectivity index (χ4v) is 5.86. The van der Waals surface area contributed by atoms with Gasteiger partial charge in [0.25, 0.3) is 0 Å². The molecule has 0 aromatic heterocycles. The highest BCUT2D eigenvalue weighted by Crippen LogP contribution is 2.42. The molecule has 0 aliphatic heterocycles. The van der Waals surface area contributed by atoms with Crippen LogP contribution in [0.25, 0.3) is 33.0 Å². The summed E-state index contributed by atoms with van der Waals surface area (Å²) >= 11 is 7.03. The fraction of sp³-hybridized carbons (Fsp3) is 0.0345. The summed E-state index contributed by atoms with van der Waals surface area (Å²) in [6.07, 6.45) is 0.995. The molecule has 1 nitrogen and oxygen atoms in total. The van der Waals surface area contributed by atoms with Gasteiger partial charge in [0, 0.05) is 8.95 Å². The molecule has 0 heterocycles. The lowest BCUT2D eigenvalue weighted by atomic mass is 9.94. The van der Waals surface area contributed by atoms with Crippen LogP contribution in [-0.2, 0) is 6.42 Å². The molecule has 5 aromatic rings. The van der Waals surface area contributed by atoms with Crippen molar-refractivity contribution in [2.75, 3.05) is 0 Å². The molecule has 0 saturated heterocycles. The minimum atomic E-state index is 0.793. The van der Waals surface area contributed by atoms with E-state index in [2.05, 4.69) is 105 Å². The lowest BCUT2D eigenvalue weighted by Crippen LogP contribution is -1.89. The van der Waals surface area contributed by atoms with Crippen molar-refractivity contribution in [3.8, 4) is 33.8 Å². The van der Waals surface area contributed by atoms with Crippen LogP contribution in [0.3, 0.4) is 0 Å². The van der Waals surface area contributed by atoms with Gasteiger partial charge in [-0.2, -0.15) is 0 Å². The minimum Gasteiger partial charge on any atom is -0.457 e. The van der Waals surface area contributed by atoms with E-state index in [1.807, 2.05) is 24.3 Å². The van der Waals surface area contributed by atoms with Crippen molar-refractivity contribution in [2.45, 2.75) is 6.42 Å². The second kappa shape index (κ2) is 7.91. The number of fused-ring (bicyclic) bond motifs is 4. The van der Waals surface area contributed by atoms with E-state index in [-0.39, 0.29) is 0 Å². The van der Waals surface area contributed by atoms with Gasteiger partial charge in [0.05, 0.1) is 0 Å². The van der Waals surface area contributed by atoms with Gasteiger partial charge in [-0.3, -0.25) is 0 Å². The van der Waals surface area contributed by atoms with Crippen molar-refractivity contribution >= 4 is 42.6 Å². The van der Waals surface area contributed by atoms with E-state index in [0.29, 0.717) is 0 Å². The van der Waals surface area contributed by atoms with E-state index >= 15 is 0 Å². The molecule has 0 N–H and O–H groups in total. The quantitative estimate of drug-likeness (QED) is 0.217. The van der Waals surface area contributed by atoms with Crippen LogP contribution in [0.1, 0.15) is 11.1 Å². The molecule has 0 bridgehead atoms. The van der Waals surface area contributed by atoms with Crippen molar-refractivity contribution < 1.29 is 4.74 Å². The first-order valence-electron chi connectivity index (χ1n) is 10.5. The van der Waals surface area contributed by atoms with Crippen LogP contribution in [0.4, 0.5) is 0 Å². The highest BCUT2D eigenvalue weighted by atomic mass is 79.9. The molecule has 3 heteroatoms. The number of halogens is 2. The molecule has 1 aliphatic rings. The molecule has 0 unspecified atom stereocenters. The van der Waals surface area contributed by atoms with Gasteiger partial charge in [-0.15, -0.1) is 0 Å². The smallest absolute Gasteiger partial charge is 0.129 e. The molecule has 0 radical (unpaired) electrons. The minimum absolute atomic E-state index is 0.793. The summed E-state index contributed by atoms with van der Waals surface area (Å²) in [6.45, 7) is 0. The van der Waals surface area contributed by atoms with Gasteiger partial charge < -0.3 is 4.74 Å². The molecule has 1 aliphatic carbocycles. The first-order valence-corrected chi connectivity index (χ1v) is 12.1. The zero-order valence-corrected chi connectivity index (χ0v) is 20.3. The highest BCUT2D eigenvalue weighted by molar-refractivity contribution is 9.11. The average Bonchev–Trinajstić information content (AvgIpc) is 3.17. The summed E-state index contributed by atoms with van der Waals surface area (Å²) in [5.74, 6) is 1.62. The molecule has 0 amide bonds. The van der Waals surface area contributed by atoms with Crippen molar-refractivity contribution in [2.24, 2.45) is 0 Å². The number of hydrogen-bond donors (Lipinski definition) is 0. The third-order valence-corrected chi connectivity index (χ3v) is 6.96. The second-order valence-corrected chi connectivity index (χ2v) is 9.93. The first-order chi connectivity index (χ1) is 15.6. The van der Waals surface area contributed by atoms with Gasteiger partial charge in [-0.05, 0) is 87.0 Å².